The Morgan fingerprint density at radius 2 is 1.16 bits per heavy atom. The zero-order chi connectivity index (χ0) is 54.9. The van der Waals surface area contributed by atoms with E-state index in [1.807, 2.05) is 0 Å². The van der Waals surface area contributed by atoms with Gasteiger partial charge in [-0.2, -0.15) is 0 Å². The summed E-state index contributed by atoms with van der Waals surface area (Å²) in [5.41, 5.74) is -1.15. The minimum absolute atomic E-state index is 0.0878. The van der Waals surface area contributed by atoms with Crippen molar-refractivity contribution in [2.75, 3.05) is 6.61 Å². The summed E-state index contributed by atoms with van der Waals surface area (Å²) in [6.07, 6.45) is -23.2. The summed E-state index contributed by atoms with van der Waals surface area (Å²) in [6.45, 7) is 1.85. The van der Waals surface area contributed by atoms with Crippen molar-refractivity contribution in [3.05, 3.63) is 106 Å². The van der Waals surface area contributed by atoms with Crippen LogP contribution in [0, 0.1) is 0 Å². The molecule has 25 heteroatoms. The van der Waals surface area contributed by atoms with Gasteiger partial charge in [0.15, 0.2) is 59.7 Å². The predicted octanol–water partition coefficient (Wildman–Crippen LogP) is 0.810. The van der Waals surface area contributed by atoms with Crippen molar-refractivity contribution in [3.8, 4) is 57.3 Å². The Balaban J connectivity index is 1.18. The lowest BCUT2D eigenvalue weighted by atomic mass is 9.96. The maximum Gasteiger partial charge on any atom is 0.331 e. The summed E-state index contributed by atoms with van der Waals surface area (Å²) >= 11 is 0. The van der Waals surface area contributed by atoms with E-state index in [1.165, 1.54) is 68.5 Å². The number of carbonyl (C=O) groups excluding carboxylic acids is 2. The highest BCUT2D eigenvalue weighted by molar-refractivity contribution is 5.89. The normalized spacial score (nSPS) is 29.9. The standard InChI is InChI=1S/C51H52O25/c1-20-37(61)40(64)42(66)49(69-20)68-19-33-38(62)46(74-35(60)13-6-22-3-9-25(52)10-4-22)48(76-50-43(67)41(65)44(21(2)70-50)73-34(59)14-7-23-5-11-27(54)29(56)15-23)51(72-33)75-47-39(63)36-31(58)17-26(53)18-32(36)71-45(47)24-8-12-28(55)30(57)16-24/h3-18,20-21,33,37-38,40-44,46,48-58,61-62,64-67H,19H2,1-2H3. The maximum atomic E-state index is 14.6. The second-order valence-electron chi connectivity index (χ2n) is 17.9. The molecule has 15 unspecified atom stereocenters. The van der Waals surface area contributed by atoms with Gasteiger partial charge in [-0.25, -0.2) is 9.59 Å². The molecular weight excluding hydrogens is 1010 g/mol. The summed E-state index contributed by atoms with van der Waals surface area (Å²) in [7, 11) is 0. The van der Waals surface area contributed by atoms with Crippen molar-refractivity contribution < 1.29 is 118 Å². The Kier molecular flexibility index (Phi) is 16.4. The van der Waals surface area contributed by atoms with Crippen LogP contribution in [0.25, 0.3) is 34.4 Å². The zero-order valence-electron chi connectivity index (χ0n) is 39.8. The first-order valence-electron chi connectivity index (χ1n) is 23.2. The van der Waals surface area contributed by atoms with E-state index in [1.54, 1.807) is 0 Å². The number of hydrogen-bond acceptors (Lipinski definition) is 25. The van der Waals surface area contributed by atoms with Crippen LogP contribution in [0.4, 0.5) is 0 Å². The van der Waals surface area contributed by atoms with Gasteiger partial charge in [0, 0.05) is 29.8 Å². The van der Waals surface area contributed by atoms with E-state index in [4.69, 9.17) is 42.3 Å². The molecule has 3 fully saturated rings. The highest BCUT2D eigenvalue weighted by Gasteiger charge is 2.55. The van der Waals surface area contributed by atoms with Crippen molar-refractivity contribution >= 4 is 35.1 Å². The first-order valence-corrected chi connectivity index (χ1v) is 23.2. The van der Waals surface area contributed by atoms with Gasteiger partial charge in [-0.1, -0.05) is 18.2 Å². The van der Waals surface area contributed by atoms with E-state index in [0.29, 0.717) is 5.56 Å². The van der Waals surface area contributed by atoms with Crippen molar-refractivity contribution in [1.29, 1.82) is 0 Å². The largest absolute Gasteiger partial charge is 0.508 e. The summed E-state index contributed by atoms with van der Waals surface area (Å²) in [4.78, 5) is 41.4. The third-order valence-corrected chi connectivity index (χ3v) is 12.5. The molecule has 13 N–H and O–H groups in total. The van der Waals surface area contributed by atoms with Crippen LogP contribution in [0.15, 0.2) is 94.2 Å². The fourth-order valence-electron chi connectivity index (χ4n) is 8.43. The van der Waals surface area contributed by atoms with Crippen LogP contribution in [-0.2, 0) is 42.7 Å². The van der Waals surface area contributed by atoms with E-state index in [-0.39, 0.29) is 16.9 Å². The van der Waals surface area contributed by atoms with Crippen LogP contribution < -0.4 is 10.2 Å². The molecule has 1 aromatic heterocycles. The molecule has 0 aliphatic carbocycles. The molecule has 3 saturated heterocycles. The van der Waals surface area contributed by atoms with Gasteiger partial charge in [0.25, 0.3) is 0 Å². The van der Waals surface area contributed by atoms with Gasteiger partial charge in [0.05, 0.1) is 18.8 Å². The number of aliphatic hydroxyl groups excluding tert-OH is 6. The lowest BCUT2D eigenvalue weighted by Gasteiger charge is -2.47. The number of phenols is 7. The Hall–Kier alpha value is -7.53. The van der Waals surface area contributed by atoms with Crippen LogP contribution in [0.2, 0.25) is 0 Å². The molecule has 76 heavy (non-hydrogen) atoms. The van der Waals surface area contributed by atoms with Crippen LogP contribution in [0.1, 0.15) is 25.0 Å². The van der Waals surface area contributed by atoms with E-state index < -0.39 is 173 Å². The number of benzene rings is 4. The number of ether oxygens (including phenoxy) is 8. The summed E-state index contributed by atoms with van der Waals surface area (Å²) in [6, 6.07) is 14.1. The van der Waals surface area contributed by atoms with Crippen LogP contribution in [0.3, 0.4) is 0 Å². The number of aromatic hydroxyl groups is 7. The number of hydrogen-bond donors (Lipinski definition) is 13. The molecule has 0 bridgehead atoms. The monoisotopic (exact) mass is 1060 g/mol. The Labute approximate surface area is 428 Å². The molecule has 15 atom stereocenters. The van der Waals surface area contributed by atoms with E-state index in [0.717, 1.165) is 42.5 Å². The summed E-state index contributed by atoms with van der Waals surface area (Å²) in [5.74, 6) is -7.38. The summed E-state index contributed by atoms with van der Waals surface area (Å²) < 4.78 is 53.2. The minimum atomic E-state index is -2.22. The van der Waals surface area contributed by atoms with Crippen LogP contribution in [0.5, 0.6) is 46.0 Å². The first kappa shape index (κ1) is 54.7. The average molecular weight is 1060 g/mol. The Bertz CT molecular complexity index is 3030. The molecule has 8 rings (SSSR count). The minimum Gasteiger partial charge on any atom is -0.508 e. The third kappa shape index (κ3) is 11.8. The lowest BCUT2D eigenvalue weighted by Crippen LogP contribution is -2.66. The molecule has 0 radical (unpaired) electrons. The van der Waals surface area contributed by atoms with Gasteiger partial charge < -0.3 is 109 Å². The molecule has 0 spiro atoms. The molecule has 0 saturated carbocycles. The second kappa shape index (κ2) is 22.7. The number of aliphatic hydroxyl groups is 6. The number of phenolic OH excluding ortho intramolecular Hbond substituents is 7. The number of esters is 2. The molecule has 4 heterocycles. The molecule has 3 aliphatic heterocycles. The molecule has 4 aromatic carbocycles. The van der Waals surface area contributed by atoms with E-state index in [9.17, 15) is 80.8 Å². The Morgan fingerprint density at radius 3 is 1.83 bits per heavy atom. The topological polar surface area (TPSA) is 401 Å². The van der Waals surface area contributed by atoms with E-state index in [2.05, 4.69) is 0 Å². The third-order valence-electron chi connectivity index (χ3n) is 12.5. The van der Waals surface area contributed by atoms with Crippen LogP contribution in [-0.4, -0.2) is 177 Å². The van der Waals surface area contributed by atoms with Crippen molar-refractivity contribution in [2.45, 2.75) is 106 Å². The fourth-order valence-corrected chi connectivity index (χ4v) is 8.43. The van der Waals surface area contributed by atoms with Gasteiger partial charge >= 0.3 is 11.9 Å². The van der Waals surface area contributed by atoms with Gasteiger partial charge in [0.1, 0.15) is 70.9 Å². The predicted molar refractivity (Wildman–Crippen MR) is 255 cm³/mol. The first-order chi connectivity index (χ1) is 36.1. The van der Waals surface area contributed by atoms with Gasteiger partial charge in [-0.15, -0.1) is 0 Å². The highest BCUT2D eigenvalue weighted by Crippen LogP contribution is 2.41. The zero-order valence-corrected chi connectivity index (χ0v) is 39.8. The Morgan fingerprint density at radius 1 is 0.553 bits per heavy atom. The highest BCUT2D eigenvalue weighted by atomic mass is 16.8. The number of carbonyl (C=O) groups is 2. The summed E-state index contributed by atoms with van der Waals surface area (Å²) in [5, 5.41) is 137. The van der Waals surface area contributed by atoms with E-state index >= 15 is 0 Å². The molecule has 3 aliphatic rings. The average Bonchev–Trinajstić information content (AvgIpc) is 3.37. The molecule has 0 amide bonds. The molecular formula is C51H52O25. The molecule has 5 aromatic rings. The molecule has 25 nitrogen and oxygen atoms in total. The molecule has 406 valence electrons. The van der Waals surface area contributed by atoms with Crippen molar-refractivity contribution in [3.63, 3.8) is 0 Å². The number of rotatable bonds is 14. The number of fused-ring (bicyclic) bond motifs is 1. The van der Waals surface area contributed by atoms with Crippen molar-refractivity contribution in [1.82, 2.24) is 0 Å². The SMILES string of the molecule is CC1OC(OCC2OC(Oc3c(-c4ccc(O)c(O)c4)oc4cc(O)cc(O)c4c3=O)C(OC3OC(C)C(OC(=O)C=Cc4ccc(O)c(O)c4)C(O)C3O)C(OC(=O)C=Cc3ccc(O)cc3)C2O)C(O)C(O)C1O. The maximum absolute atomic E-state index is 14.6. The van der Waals surface area contributed by atoms with Gasteiger partial charge in [0.2, 0.25) is 17.5 Å². The smallest absolute Gasteiger partial charge is 0.331 e. The van der Waals surface area contributed by atoms with Crippen LogP contribution >= 0.6 is 0 Å². The van der Waals surface area contributed by atoms with Crippen molar-refractivity contribution in [2.24, 2.45) is 0 Å². The van der Waals surface area contributed by atoms with Gasteiger partial charge in [-0.05, 0) is 79.6 Å². The quantitative estimate of drug-likeness (QED) is 0.0416. The lowest BCUT2D eigenvalue weighted by molar-refractivity contribution is -0.360. The fraction of sp³-hybridized carbons (Fsp3) is 0.353. The van der Waals surface area contributed by atoms with Gasteiger partial charge in [-0.3, -0.25) is 4.79 Å². The second-order valence-corrected chi connectivity index (χ2v) is 17.9.